The first-order valence-electron chi connectivity index (χ1n) is 9.77. The van der Waals surface area contributed by atoms with E-state index in [1.807, 2.05) is 48.7 Å². The van der Waals surface area contributed by atoms with E-state index in [2.05, 4.69) is 0 Å². The molecule has 4 rings (SSSR count). The van der Waals surface area contributed by atoms with Crippen LogP contribution in [-0.2, 0) is 9.53 Å². The summed E-state index contributed by atoms with van der Waals surface area (Å²) < 4.78 is 7.03. The van der Waals surface area contributed by atoms with Crippen LogP contribution in [0.25, 0.3) is 5.69 Å². The number of hydrogen-bond donors (Lipinski definition) is 0. The number of aromatic nitrogens is 1. The number of benzene rings is 2. The third kappa shape index (κ3) is 3.66. The average Bonchev–Trinajstić information content (AvgIpc) is 3.21. The average molecular weight is 416 g/mol. The molecular formula is C24H20N2O5. The molecular weight excluding hydrogens is 396 g/mol. The molecule has 0 spiro atoms. The quantitative estimate of drug-likeness (QED) is 0.350. The van der Waals surface area contributed by atoms with Crippen molar-refractivity contribution < 1.29 is 23.9 Å². The molecule has 0 unspecified atom stereocenters. The molecule has 156 valence electrons. The molecule has 7 heteroatoms. The minimum absolute atomic E-state index is 0.254. The Morgan fingerprint density at radius 3 is 2.06 bits per heavy atom. The van der Waals surface area contributed by atoms with Crippen LogP contribution in [0.5, 0.6) is 0 Å². The van der Waals surface area contributed by atoms with Gasteiger partial charge in [-0.2, -0.15) is 0 Å². The van der Waals surface area contributed by atoms with Crippen molar-refractivity contribution in [1.82, 2.24) is 9.47 Å². The first kappa shape index (κ1) is 20.3. The molecule has 1 aliphatic heterocycles. The Balaban J connectivity index is 1.41. The highest BCUT2D eigenvalue weighted by molar-refractivity contribution is 6.22. The summed E-state index contributed by atoms with van der Waals surface area (Å²) in [6.45, 7) is 2.71. The Labute approximate surface area is 178 Å². The fraction of sp³-hybridized carbons (Fsp3) is 0.167. The summed E-state index contributed by atoms with van der Waals surface area (Å²) in [4.78, 5) is 50.4. The van der Waals surface area contributed by atoms with Crippen LogP contribution in [0.3, 0.4) is 0 Å². The summed E-state index contributed by atoms with van der Waals surface area (Å²) in [6, 6.07) is 17.7. The SMILES string of the molecule is Cc1cc(C(=O)COC(=O)CN2C(=O)c3ccccc3C2=O)c(C)n1-c1ccccc1. The summed E-state index contributed by atoms with van der Waals surface area (Å²) in [5, 5.41) is 0. The lowest BCUT2D eigenvalue weighted by Crippen LogP contribution is -2.36. The molecule has 2 aromatic carbocycles. The van der Waals surface area contributed by atoms with Crippen LogP contribution < -0.4 is 0 Å². The Bertz CT molecular complexity index is 1170. The van der Waals surface area contributed by atoms with Crippen LogP contribution in [0.15, 0.2) is 60.7 Å². The van der Waals surface area contributed by atoms with Crippen LogP contribution in [0.1, 0.15) is 42.5 Å². The first-order chi connectivity index (χ1) is 14.9. The number of fused-ring (bicyclic) bond motifs is 1. The van der Waals surface area contributed by atoms with Crippen molar-refractivity contribution in [3.05, 3.63) is 88.7 Å². The van der Waals surface area contributed by atoms with Gasteiger partial charge in [0.25, 0.3) is 11.8 Å². The molecule has 31 heavy (non-hydrogen) atoms. The maximum absolute atomic E-state index is 12.7. The molecule has 0 aliphatic carbocycles. The van der Waals surface area contributed by atoms with Gasteiger partial charge in [0, 0.05) is 22.6 Å². The summed E-state index contributed by atoms with van der Waals surface area (Å²) in [5.74, 6) is -2.27. The molecule has 2 amide bonds. The number of imide groups is 1. The van der Waals surface area contributed by atoms with Gasteiger partial charge in [0.05, 0.1) is 11.1 Å². The maximum atomic E-state index is 12.7. The zero-order valence-corrected chi connectivity index (χ0v) is 17.1. The van der Waals surface area contributed by atoms with E-state index >= 15 is 0 Å². The highest BCUT2D eigenvalue weighted by Gasteiger charge is 2.36. The second-order valence-corrected chi connectivity index (χ2v) is 7.28. The van der Waals surface area contributed by atoms with Crippen molar-refractivity contribution >= 4 is 23.6 Å². The van der Waals surface area contributed by atoms with Crippen molar-refractivity contribution in [2.75, 3.05) is 13.2 Å². The van der Waals surface area contributed by atoms with Gasteiger partial charge >= 0.3 is 5.97 Å². The third-order valence-corrected chi connectivity index (χ3v) is 5.28. The van der Waals surface area contributed by atoms with Crippen LogP contribution in [0.4, 0.5) is 0 Å². The number of ether oxygens (including phenoxy) is 1. The van der Waals surface area contributed by atoms with Gasteiger partial charge in [0.15, 0.2) is 6.61 Å². The van der Waals surface area contributed by atoms with Gasteiger partial charge in [-0.25, -0.2) is 0 Å². The predicted molar refractivity (Wildman–Crippen MR) is 112 cm³/mol. The van der Waals surface area contributed by atoms with Crippen LogP contribution in [0, 0.1) is 13.8 Å². The fourth-order valence-corrected chi connectivity index (χ4v) is 3.80. The summed E-state index contributed by atoms with van der Waals surface area (Å²) in [5.41, 5.74) is 3.51. The van der Waals surface area contributed by atoms with Gasteiger partial charge in [0.1, 0.15) is 6.54 Å². The van der Waals surface area contributed by atoms with Crippen molar-refractivity contribution in [3.63, 3.8) is 0 Å². The molecule has 1 aromatic heterocycles. The number of esters is 1. The molecule has 1 aliphatic rings. The highest BCUT2D eigenvalue weighted by Crippen LogP contribution is 2.23. The number of amides is 2. The second kappa shape index (κ2) is 8.02. The zero-order valence-electron chi connectivity index (χ0n) is 17.1. The van der Waals surface area contributed by atoms with E-state index < -0.39 is 30.9 Å². The number of hydrogen-bond acceptors (Lipinski definition) is 5. The van der Waals surface area contributed by atoms with Gasteiger partial charge in [0.2, 0.25) is 5.78 Å². The largest absolute Gasteiger partial charge is 0.456 e. The Kier molecular flexibility index (Phi) is 5.25. The topological polar surface area (TPSA) is 85.7 Å². The number of Topliss-reactive ketones (excluding diaryl/α,β-unsaturated/α-hetero) is 1. The lowest BCUT2D eigenvalue weighted by Gasteiger charge is -2.13. The predicted octanol–water partition coefficient (Wildman–Crippen LogP) is 3.12. The Hall–Kier alpha value is -4.00. The number of para-hydroxylation sites is 1. The van der Waals surface area contributed by atoms with E-state index in [4.69, 9.17) is 4.74 Å². The van der Waals surface area contributed by atoms with E-state index in [9.17, 15) is 19.2 Å². The van der Waals surface area contributed by atoms with Crippen LogP contribution in [0.2, 0.25) is 0 Å². The number of rotatable bonds is 6. The van der Waals surface area contributed by atoms with E-state index in [1.165, 1.54) is 12.1 Å². The molecule has 7 nitrogen and oxygen atoms in total. The van der Waals surface area contributed by atoms with E-state index in [0.717, 1.165) is 22.0 Å². The van der Waals surface area contributed by atoms with Gasteiger partial charge in [-0.15, -0.1) is 0 Å². The lowest BCUT2D eigenvalue weighted by atomic mass is 10.1. The number of nitrogens with zero attached hydrogens (tertiary/aromatic N) is 2. The van der Waals surface area contributed by atoms with Gasteiger partial charge < -0.3 is 9.30 Å². The number of carbonyl (C=O) groups excluding carboxylic acids is 4. The lowest BCUT2D eigenvalue weighted by molar-refractivity contribution is -0.142. The van der Waals surface area contributed by atoms with Crippen molar-refractivity contribution in [2.24, 2.45) is 0 Å². The fourth-order valence-electron chi connectivity index (χ4n) is 3.80. The van der Waals surface area contributed by atoms with Crippen molar-refractivity contribution in [3.8, 4) is 5.69 Å². The van der Waals surface area contributed by atoms with Gasteiger partial charge in [-0.05, 0) is 44.2 Å². The molecule has 2 heterocycles. The maximum Gasteiger partial charge on any atom is 0.326 e. The van der Waals surface area contributed by atoms with Crippen molar-refractivity contribution in [2.45, 2.75) is 13.8 Å². The summed E-state index contributed by atoms with van der Waals surface area (Å²) >= 11 is 0. The molecule has 0 fully saturated rings. The molecule has 0 saturated carbocycles. The number of aryl methyl sites for hydroxylation is 1. The normalized spacial score (nSPS) is 12.8. The number of carbonyl (C=O) groups is 4. The van der Waals surface area contributed by atoms with E-state index in [-0.39, 0.29) is 16.9 Å². The van der Waals surface area contributed by atoms with Crippen molar-refractivity contribution in [1.29, 1.82) is 0 Å². The minimum atomic E-state index is -0.820. The molecule has 0 N–H and O–H groups in total. The summed E-state index contributed by atoms with van der Waals surface area (Å²) in [7, 11) is 0. The number of ketones is 1. The second-order valence-electron chi connectivity index (χ2n) is 7.28. The van der Waals surface area contributed by atoms with Crippen LogP contribution in [-0.4, -0.2) is 46.2 Å². The van der Waals surface area contributed by atoms with Gasteiger partial charge in [-0.3, -0.25) is 24.1 Å². The smallest absolute Gasteiger partial charge is 0.326 e. The van der Waals surface area contributed by atoms with Crippen LogP contribution >= 0.6 is 0 Å². The highest BCUT2D eigenvalue weighted by atomic mass is 16.5. The molecule has 0 bridgehead atoms. The Morgan fingerprint density at radius 1 is 0.871 bits per heavy atom. The monoisotopic (exact) mass is 416 g/mol. The molecule has 0 atom stereocenters. The molecule has 0 saturated heterocycles. The first-order valence-corrected chi connectivity index (χ1v) is 9.77. The minimum Gasteiger partial charge on any atom is -0.456 e. The summed E-state index contributed by atoms with van der Waals surface area (Å²) in [6.07, 6.45) is 0. The zero-order chi connectivity index (χ0) is 22.1. The third-order valence-electron chi connectivity index (χ3n) is 5.28. The van der Waals surface area contributed by atoms with E-state index in [0.29, 0.717) is 5.56 Å². The van der Waals surface area contributed by atoms with E-state index in [1.54, 1.807) is 18.2 Å². The van der Waals surface area contributed by atoms with Gasteiger partial charge in [-0.1, -0.05) is 30.3 Å². The molecule has 0 radical (unpaired) electrons. The molecule has 3 aromatic rings. The Morgan fingerprint density at radius 2 is 1.45 bits per heavy atom. The standard InChI is InChI=1S/C24H20N2O5/c1-15-12-20(16(2)26(15)17-8-4-3-5-9-17)21(27)14-31-22(28)13-25-23(29)18-10-6-7-11-19(18)24(25)30/h3-12H,13-14H2,1-2H3.